The summed E-state index contributed by atoms with van der Waals surface area (Å²) < 4.78 is 6.96. The van der Waals surface area contributed by atoms with Gasteiger partial charge in [-0.15, -0.1) is 0 Å². The first-order valence-corrected chi connectivity index (χ1v) is 8.21. The number of rotatable bonds is 7. The minimum absolute atomic E-state index is 0.321. The van der Waals surface area contributed by atoms with Crippen LogP contribution < -0.4 is 16.4 Å². The molecule has 1 fully saturated rings. The molecule has 1 aromatic heterocycles. The van der Waals surface area contributed by atoms with Crippen molar-refractivity contribution in [3.8, 4) is 0 Å². The van der Waals surface area contributed by atoms with Crippen LogP contribution in [-0.4, -0.2) is 46.3 Å². The van der Waals surface area contributed by atoms with Crippen molar-refractivity contribution in [3.05, 3.63) is 20.7 Å². The summed E-state index contributed by atoms with van der Waals surface area (Å²) in [4.78, 5) is 26.4. The van der Waals surface area contributed by atoms with E-state index < -0.39 is 11.1 Å². The predicted octanol–water partition coefficient (Wildman–Crippen LogP) is -0.0346. The predicted molar refractivity (Wildman–Crippen MR) is 81.8 cm³/mol. The Balaban J connectivity index is 2.02. The molecule has 1 saturated heterocycles. The molecule has 0 saturated carbocycles. The number of nitrogens with one attached hydrogen (secondary N) is 2. The highest BCUT2D eigenvalue weighted by atomic mass is 32.2. The first-order chi connectivity index (χ1) is 10.1. The molecule has 0 spiro atoms. The largest absolute Gasteiger partial charge is 0.381 e. The first-order valence-electron chi connectivity index (χ1n) is 7.23. The lowest BCUT2D eigenvalue weighted by Crippen LogP contribution is -2.39. The van der Waals surface area contributed by atoms with Crippen molar-refractivity contribution in [2.45, 2.75) is 31.0 Å². The van der Waals surface area contributed by atoms with Gasteiger partial charge in [-0.3, -0.25) is 19.4 Å². The number of nitrogens with zero attached hydrogens (tertiary/aromatic N) is 2. The molecule has 7 nitrogen and oxygen atoms in total. The number of ether oxygens (including phenoxy) is 1. The van der Waals surface area contributed by atoms with E-state index in [9.17, 15) is 9.59 Å². The van der Waals surface area contributed by atoms with E-state index in [0.717, 1.165) is 38.4 Å². The Labute approximate surface area is 127 Å². The third kappa shape index (κ3) is 4.42. The van der Waals surface area contributed by atoms with Gasteiger partial charge in [0, 0.05) is 31.4 Å². The van der Waals surface area contributed by atoms with Crippen LogP contribution in [0.5, 0.6) is 0 Å². The molecule has 1 aliphatic rings. The molecule has 0 aromatic carbocycles. The van der Waals surface area contributed by atoms with E-state index in [1.165, 1.54) is 16.4 Å². The topological polar surface area (TPSA) is 89.0 Å². The second-order valence-electron chi connectivity index (χ2n) is 5.19. The van der Waals surface area contributed by atoms with E-state index in [0.29, 0.717) is 17.1 Å². The first kappa shape index (κ1) is 16.3. The van der Waals surface area contributed by atoms with Crippen LogP contribution in [0.2, 0.25) is 0 Å². The van der Waals surface area contributed by atoms with Gasteiger partial charge in [0.05, 0.1) is 6.61 Å². The van der Waals surface area contributed by atoms with Gasteiger partial charge in [0.15, 0.2) is 5.16 Å². The number of hydrogen-bond acceptors (Lipinski definition) is 6. The van der Waals surface area contributed by atoms with Gasteiger partial charge in [0.2, 0.25) is 0 Å². The summed E-state index contributed by atoms with van der Waals surface area (Å²) in [6.45, 7) is 4.68. The van der Waals surface area contributed by atoms with Crippen LogP contribution in [-0.2, 0) is 11.8 Å². The highest BCUT2D eigenvalue weighted by molar-refractivity contribution is 7.99. The van der Waals surface area contributed by atoms with E-state index in [2.05, 4.69) is 22.3 Å². The zero-order chi connectivity index (χ0) is 15.2. The zero-order valence-corrected chi connectivity index (χ0v) is 13.2. The maximum absolute atomic E-state index is 11.3. The minimum Gasteiger partial charge on any atom is -0.381 e. The molecule has 0 bridgehead atoms. The average Bonchev–Trinajstić information content (AvgIpc) is 2.98. The van der Waals surface area contributed by atoms with Crippen molar-refractivity contribution >= 4 is 11.8 Å². The summed E-state index contributed by atoms with van der Waals surface area (Å²) in [5, 5.41) is 6.53. The number of hydrogen-bond donors (Lipinski definition) is 2. The van der Waals surface area contributed by atoms with Crippen molar-refractivity contribution < 1.29 is 4.74 Å². The summed E-state index contributed by atoms with van der Waals surface area (Å²) in [6.07, 6.45) is 2.13. The van der Waals surface area contributed by atoms with Crippen LogP contribution >= 0.6 is 11.8 Å². The van der Waals surface area contributed by atoms with Crippen LogP contribution in [0.15, 0.2) is 14.7 Å². The lowest BCUT2D eigenvalue weighted by Gasteiger charge is -2.23. The Kier molecular flexibility index (Phi) is 6.01. The summed E-state index contributed by atoms with van der Waals surface area (Å²) >= 11 is 1.48. The molecule has 1 aromatic rings. The van der Waals surface area contributed by atoms with Gasteiger partial charge in [0.25, 0.3) is 0 Å². The maximum atomic E-state index is 11.3. The molecule has 0 aliphatic carbocycles. The van der Waals surface area contributed by atoms with Crippen LogP contribution in [0, 0.1) is 5.92 Å². The molecule has 21 heavy (non-hydrogen) atoms. The number of H-pyrrole nitrogens is 1. The molecule has 0 amide bonds. The van der Waals surface area contributed by atoms with Gasteiger partial charge in [-0.1, -0.05) is 18.7 Å². The fourth-order valence-corrected chi connectivity index (χ4v) is 3.42. The highest BCUT2D eigenvalue weighted by Crippen LogP contribution is 2.22. The highest BCUT2D eigenvalue weighted by Gasteiger charge is 2.25. The molecule has 1 aliphatic heterocycles. The molecule has 118 valence electrons. The van der Waals surface area contributed by atoms with Gasteiger partial charge >= 0.3 is 11.1 Å². The number of aromatic amines is 1. The molecule has 0 radical (unpaired) electrons. The van der Waals surface area contributed by atoms with Gasteiger partial charge in [-0.05, 0) is 19.4 Å². The van der Waals surface area contributed by atoms with Gasteiger partial charge in [0.1, 0.15) is 0 Å². The van der Waals surface area contributed by atoms with Crippen molar-refractivity contribution in [3.63, 3.8) is 0 Å². The molecule has 2 N–H and O–H groups in total. The average molecular weight is 314 g/mol. The van der Waals surface area contributed by atoms with Gasteiger partial charge in [-0.25, -0.2) is 0 Å². The van der Waals surface area contributed by atoms with Gasteiger partial charge < -0.3 is 10.1 Å². The fraction of sp³-hybridized carbons (Fsp3) is 0.769. The lowest BCUT2D eigenvalue weighted by atomic mass is 10.0. The summed E-state index contributed by atoms with van der Waals surface area (Å²) in [5.41, 5.74) is -1.43. The number of aryl methyl sites for hydroxylation is 1. The van der Waals surface area contributed by atoms with Crippen LogP contribution in [0.25, 0.3) is 0 Å². The number of thioether (sulfide) groups is 1. The van der Waals surface area contributed by atoms with E-state index in [1.54, 1.807) is 7.05 Å². The normalized spacial score (nSPS) is 19.8. The SMILES string of the molecule is CCCNC(CSc1nc(=O)c(=O)[nH]n1C)C1CCOC1. The summed E-state index contributed by atoms with van der Waals surface area (Å²) in [5.74, 6) is 1.28. The molecule has 2 atom stereocenters. The Bertz CT molecular complexity index is 565. The van der Waals surface area contributed by atoms with Crippen molar-refractivity contribution in [2.24, 2.45) is 13.0 Å². The smallest absolute Gasteiger partial charge is 0.339 e. The van der Waals surface area contributed by atoms with Crippen molar-refractivity contribution in [1.29, 1.82) is 0 Å². The Morgan fingerprint density at radius 1 is 1.57 bits per heavy atom. The molecular formula is C13H22N4O3S. The minimum atomic E-state index is -0.738. The monoisotopic (exact) mass is 314 g/mol. The summed E-state index contributed by atoms with van der Waals surface area (Å²) in [6, 6.07) is 0.321. The van der Waals surface area contributed by atoms with Crippen LogP contribution in [0.4, 0.5) is 0 Å². The fourth-order valence-electron chi connectivity index (χ4n) is 2.32. The van der Waals surface area contributed by atoms with E-state index in [4.69, 9.17) is 4.74 Å². The third-order valence-electron chi connectivity index (χ3n) is 3.53. The molecule has 2 heterocycles. The molecule has 2 rings (SSSR count). The molecule has 8 heteroatoms. The van der Waals surface area contributed by atoms with E-state index in [1.807, 2.05) is 0 Å². The lowest BCUT2D eigenvalue weighted by molar-refractivity contribution is 0.179. The summed E-state index contributed by atoms with van der Waals surface area (Å²) in [7, 11) is 1.68. The van der Waals surface area contributed by atoms with Crippen LogP contribution in [0.3, 0.4) is 0 Å². The molecular weight excluding hydrogens is 292 g/mol. The van der Waals surface area contributed by atoms with Crippen LogP contribution in [0.1, 0.15) is 19.8 Å². The van der Waals surface area contributed by atoms with E-state index in [-0.39, 0.29) is 0 Å². The van der Waals surface area contributed by atoms with Gasteiger partial charge in [-0.2, -0.15) is 4.98 Å². The Hall–Kier alpha value is -1.12. The van der Waals surface area contributed by atoms with Crippen molar-refractivity contribution in [1.82, 2.24) is 20.1 Å². The standard InChI is InChI=1S/C13H22N4O3S/c1-3-5-14-10(9-4-6-20-7-9)8-21-13-15-11(18)12(19)16-17(13)2/h9-10,14H,3-8H2,1-2H3,(H,16,19). The zero-order valence-electron chi connectivity index (χ0n) is 12.4. The third-order valence-corrected chi connectivity index (χ3v) is 4.68. The Morgan fingerprint density at radius 3 is 3.05 bits per heavy atom. The van der Waals surface area contributed by atoms with E-state index >= 15 is 0 Å². The second kappa shape index (κ2) is 7.77. The number of aromatic nitrogens is 3. The quantitative estimate of drug-likeness (QED) is 0.542. The second-order valence-corrected chi connectivity index (χ2v) is 6.18. The Morgan fingerprint density at radius 2 is 2.38 bits per heavy atom. The van der Waals surface area contributed by atoms with Crippen molar-refractivity contribution in [2.75, 3.05) is 25.5 Å². The molecule has 2 unspecified atom stereocenters. The maximum Gasteiger partial charge on any atom is 0.339 e.